The van der Waals surface area contributed by atoms with Gasteiger partial charge < -0.3 is 9.47 Å². The molecule has 2 aliphatic heterocycles. The number of hydrogen-bond donors (Lipinski definition) is 0. The molecule has 5 heteroatoms. The van der Waals surface area contributed by atoms with E-state index in [4.69, 9.17) is 4.65 Å². The highest BCUT2D eigenvalue weighted by atomic mass is 16.5. The number of fused-ring (bicyclic) bond motifs is 8. The normalized spacial score (nSPS) is 12.6. The zero-order valence-electron chi connectivity index (χ0n) is 16.4. The maximum atomic E-state index is 9.32. The van der Waals surface area contributed by atoms with Gasteiger partial charge in [0, 0.05) is 11.3 Å². The molecule has 0 aliphatic carbocycles. The second-order valence-corrected chi connectivity index (χ2v) is 7.65. The molecule has 31 heavy (non-hydrogen) atoms. The van der Waals surface area contributed by atoms with Crippen molar-refractivity contribution in [1.82, 2.24) is 0 Å². The topological polar surface area (TPSA) is 60.1 Å². The molecule has 0 amide bonds. The minimum atomic E-state index is -0.225. The summed E-state index contributed by atoms with van der Waals surface area (Å²) in [5.74, 6) is 0.787. The molecule has 2 aliphatic rings. The van der Waals surface area contributed by atoms with E-state index in [1.165, 1.54) is 11.1 Å². The fraction of sp³-hybridized carbons (Fsp3) is 0. The Morgan fingerprint density at radius 3 is 2.16 bits per heavy atom. The van der Waals surface area contributed by atoms with Crippen LogP contribution in [-0.2, 0) is 0 Å². The highest BCUT2D eigenvalue weighted by Crippen LogP contribution is 2.48. The molecule has 0 radical (unpaired) electrons. The average molecular weight is 395 g/mol. The van der Waals surface area contributed by atoms with Crippen LogP contribution >= 0.6 is 0 Å². The standard InChI is InChI=1S/C26H14BN3O/c28-15-17-11-18(16-29)13-20(12-17)19-9-10-25-26(14-19)31-27-23-7-3-1-5-21(23)22-6-2-4-8-24(22)30(25)27/h1-14H. The third-order valence-electron chi connectivity index (χ3n) is 5.90. The second kappa shape index (κ2) is 6.52. The fourth-order valence-corrected chi connectivity index (χ4v) is 4.54. The van der Waals surface area contributed by atoms with Crippen LogP contribution in [0.2, 0.25) is 0 Å². The van der Waals surface area contributed by atoms with E-state index in [1.54, 1.807) is 18.2 Å². The molecule has 0 aromatic heterocycles. The van der Waals surface area contributed by atoms with Gasteiger partial charge in [-0.3, -0.25) is 0 Å². The van der Waals surface area contributed by atoms with Crippen LogP contribution in [0.15, 0.2) is 84.9 Å². The molecule has 4 aromatic carbocycles. The van der Waals surface area contributed by atoms with E-state index in [1.807, 2.05) is 24.3 Å². The van der Waals surface area contributed by atoms with E-state index in [9.17, 15) is 10.5 Å². The first kappa shape index (κ1) is 17.4. The second-order valence-electron chi connectivity index (χ2n) is 7.65. The van der Waals surface area contributed by atoms with Crippen LogP contribution in [-0.4, -0.2) is 7.05 Å². The van der Waals surface area contributed by atoms with Gasteiger partial charge in [-0.2, -0.15) is 10.5 Å². The van der Waals surface area contributed by atoms with Gasteiger partial charge in [-0.05, 0) is 58.6 Å². The zero-order valence-corrected chi connectivity index (χ0v) is 16.4. The summed E-state index contributed by atoms with van der Waals surface area (Å²) in [6.45, 7) is 0. The van der Waals surface area contributed by atoms with Gasteiger partial charge >= 0.3 is 7.05 Å². The summed E-state index contributed by atoms with van der Waals surface area (Å²) in [7, 11) is -0.225. The van der Waals surface area contributed by atoms with Crippen molar-refractivity contribution in [3.8, 4) is 40.1 Å². The fourth-order valence-electron chi connectivity index (χ4n) is 4.54. The Balaban J connectivity index is 1.51. The molecule has 0 saturated carbocycles. The maximum absolute atomic E-state index is 9.32. The third-order valence-corrected chi connectivity index (χ3v) is 5.90. The van der Waals surface area contributed by atoms with Crippen LogP contribution < -0.4 is 14.9 Å². The maximum Gasteiger partial charge on any atom is 0.524 e. The van der Waals surface area contributed by atoms with E-state index < -0.39 is 0 Å². The van der Waals surface area contributed by atoms with Gasteiger partial charge in [-0.15, -0.1) is 0 Å². The van der Waals surface area contributed by atoms with Crippen molar-refractivity contribution in [2.45, 2.75) is 0 Å². The summed E-state index contributed by atoms with van der Waals surface area (Å²) in [4.78, 5) is 2.24. The first-order valence-electron chi connectivity index (χ1n) is 10.0. The first-order chi connectivity index (χ1) is 15.3. The summed E-state index contributed by atoms with van der Waals surface area (Å²) in [6, 6.07) is 32.3. The number of nitrogens with zero attached hydrogens (tertiary/aromatic N) is 3. The van der Waals surface area contributed by atoms with Crippen molar-refractivity contribution in [1.29, 1.82) is 10.5 Å². The molecule has 0 saturated heterocycles. The van der Waals surface area contributed by atoms with E-state index in [2.05, 4.69) is 59.4 Å². The number of nitriles is 2. The summed E-state index contributed by atoms with van der Waals surface area (Å²) >= 11 is 0. The van der Waals surface area contributed by atoms with Crippen molar-refractivity contribution in [2.75, 3.05) is 4.81 Å². The van der Waals surface area contributed by atoms with Gasteiger partial charge in [0.05, 0.1) is 29.0 Å². The number of para-hydroxylation sites is 1. The largest absolute Gasteiger partial charge is 0.536 e. The molecule has 0 spiro atoms. The number of anilines is 2. The molecular weight excluding hydrogens is 381 g/mol. The average Bonchev–Trinajstić information content (AvgIpc) is 3.23. The Labute approximate surface area is 180 Å². The molecule has 0 unspecified atom stereocenters. The predicted molar refractivity (Wildman–Crippen MR) is 121 cm³/mol. The van der Waals surface area contributed by atoms with Gasteiger partial charge in [0.2, 0.25) is 0 Å². The summed E-state index contributed by atoms with van der Waals surface area (Å²) in [5, 5.41) is 18.6. The van der Waals surface area contributed by atoms with Crippen LogP contribution in [0.25, 0.3) is 22.3 Å². The van der Waals surface area contributed by atoms with Crippen LogP contribution in [0, 0.1) is 22.7 Å². The smallest absolute Gasteiger partial charge is 0.524 e. The van der Waals surface area contributed by atoms with Gasteiger partial charge in [0.1, 0.15) is 5.75 Å². The van der Waals surface area contributed by atoms with Gasteiger partial charge in [-0.25, -0.2) is 0 Å². The van der Waals surface area contributed by atoms with Crippen molar-refractivity contribution < 1.29 is 4.65 Å². The predicted octanol–water partition coefficient (Wildman–Crippen LogP) is 5.00. The molecule has 6 rings (SSSR count). The third kappa shape index (κ3) is 2.54. The first-order valence-corrected chi connectivity index (χ1v) is 10.0. The van der Waals surface area contributed by atoms with Crippen molar-refractivity contribution >= 4 is 23.9 Å². The molecule has 0 bridgehead atoms. The lowest BCUT2D eigenvalue weighted by Gasteiger charge is -2.31. The number of rotatable bonds is 1. The molecule has 2 heterocycles. The van der Waals surface area contributed by atoms with Crippen LogP contribution in [0.3, 0.4) is 0 Å². The van der Waals surface area contributed by atoms with E-state index in [0.717, 1.165) is 33.7 Å². The van der Waals surface area contributed by atoms with Gasteiger partial charge in [0.25, 0.3) is 0 Å². The highest BCUT2D eigenvalue weighted by molar-refractivity contribution is 6.77. The minimum Gasteiger partial charge on any atom is -0.536 e. The molecule has 0 atom stereocenters. The molecule has 142 valence electrons. The monoisotopic (exact) mass is 395 g/mol. The quantitative estimate of drug-likeness (QED) is 0.426. The van der Waals surface area contributed by atoms with Gasteiger partial charge in [-0.1, -0.05) is 48.5 Å². The number of hydrogen-bond acceptors (Lipinski definition) is 4. The Morgan fingerprint density at radius 1 is 0.677 bits per heavy atom. The van der Waals surface area contributed by atoms with Crippen molar-refractivity contribution in [3.63, 3.8) is 0 Å². The Bertz CT molecular complexity index is 1430. The Morgan fingerprint density at radius 2 is 1.39 bits per heavy atom. The van der Waals surface area contributed by atoms with E-state index in [0.29, 0.717) is 11.1 Å². The minimum absolute atomic E-state index is 0.225. The lowest BCUT2D eigenvalue weighted by atomic mass is 9.65. The number of benzene rings is 4. The molecular formula is C26H14BN3O. The molecule has 0 N–H and O–H groups in total. The lowest BCUT2D eigenvalue weighted by Crippen LogP contribution is -2.50. The van der Waals surface area contributed by atoms with Crippen LogP contribution in [0.5, 0.6) is 5.75 Å². The van der Waals surface area contributed by atoms with Gasteiger partial charge in [0.15, 0.2) is 0 Å². The molecule has 4 nitrogen and oxygen atoms in total. The van der Waals surface area contributed by atoms with E-state index >= 15 is 0 Å². The zero-order chi connectivity index (χ0) is 20.9. The lowest BCUT2D eigenvalue weighted by molar-refractivity contribution is 0.603. The Hall–Kier alpha value is -4.48. The SMILES string of the molecule is N#Cc1cc(C#N)cc(-c2ccc3c(c2)OB2c4ccccc4-c4ccccc4N23)c1. The summed E-state index contributed by atoms with van der Waals surface area (Å²) in [5.41, 5.74) is 8.32. The van der Waals surface area contributed by atoms with Crippen LogP contribution in [0.1, 0.15) is 11.1 Å². The van der Waals surface area contributed by atoms with E-state index in [-0.39, 0.29) is 7.05 Å². The van der Waals surface area contributed by atoms with Crippen molar-refractivity contribution in [3.05, 3.63) is 96.1 Å². The molecule has 0 fully saturated rings. The van der Waals surface area contributed by atoms with Crippen LogP contribution in [0.4, 0.5) is 11.4 Å². The molecule has 4 aromatic rings. The Kier molecular flexibility index (Phi) is 3.66. The highest BCUT2D eigenvalue weighted by Gasteiger charge is 2.44. The van der Waals surface area contributed by atoms with Crippen molar-refractivity contribution in [2.24, 2.45) is 0 Å². The summed E-state index contributed by atoms with van der Waals surface area (Å²) < 4.78 is 6.47. The summed E-state index contributed by atoms with van der Waals surface area (Å²) in [6.07, 6.45) is 0.